The molecule has 0 spiro atoms. The van der Waals surface area contributed by atoms with Gasteiger partial charge in [0, 0.05) is 6.07 Å². The number of carbonyl (C=O) groups is 2. The number of hydrogen-bond acceptors (Lipinski definition) is 4. The number of para-hydroxylation sites is 1. The predicted molar refractivity (Wildman–Crippen MR) is 86.1 cm³/mol. The van der Waals surface area contributed by atoms with E-state index in [1.165, 1.54) is 12.1 Å². The summed E-state index contributed by atoms with van der Waals surface area (Å²) in [5, 5.41) is 12.2. The van der Waals surface area contributed by atoms with Crippen molar-refractivity contribution < 1.29 is 23.8 Å². The maximum Gasteiger partial charge on any atom is 0.329 e. The fraction of sp³-hybridized carbons (Fsp3) is 0.333. The summed E-state index contributed by atoms with van der Waals surface area (Å²) in [6.07, 6.45) is 3.42. The van der Waals surface area contributed by atoms with Crippen LogP contribution in [0.2, 0.25) is 0 Å². The lowest BCUT2D eigenvalue weighted by Crippen LogP contribution is -2.55. The standard InChI is InChI=1S/C18H19NO5/c20-16(19-18(17(21)22)11-5-2-6-12-18)14-9-10-15(24-14)23-13-7-3-1-4-8-13/h1,3-4,7-10H,2,5-6,11-12H2,(H,19,20)(H,21,22). The lowest BCUT2D eigenvalue weighted by atomic mass is 9.81. The number of carboxylic acids is 1. The smallest absolute Gasteiger partial charge is 0.329 e. The molecule has 6 heteroatoms. The van der Waals surface area contributed by atoms with Gasteiger partial charge < -0.3 is 19.6 Å². The Morgan fingerprint density at radius 1 is 1.04 bits per heavy atom. The SMILES string of the molecule is O=C(NC1(C(=O)O)CCCCC1)c1ccc(Oc2ccccc2)o1. The average molecular weight is 329 g/mol. The van der Waals surface area contributed by atoms with E-state index in [-0.39, 0.29) is 11.7 Å². The lowest BCUT2D eigenvalue weighted by molar-refractivity contribution is -0.145. The van der Waals surface area contributed by atoms with E-state index in [1.54, 1.807) is 12.1 Å². The van der Waals surface area contributed by atoms with Crippen LogP contribution < -0.4 is 10.1 Å². The molecule has 0 radical (unpaired) electrons. The number of furan rings is 1. The van der Waals surface area contributed by atoms with Crippen LogP contribution in [0.25, 0.3) is 0 Å². The summed E-state index contributed by atoms with van der Waals surface area (Å²) in [4.78, 5) is 24.0. The van der Waals surface area contributed by atoms with Gasteiger partial charge in [-0.25, -0.2) is 4.79 Å². The van der Waals surface area contributed by atoms with Crippen molar-refractivity contribution in [3.05, 3.63) is 48.2 Å². The summed E-state index contributed by atoms with van der Waals surface area (Å²) >= 11 is 0. The molecule has 24 heavy (non-hydrogen) atoms. The van der Waals surface area contributed by atoms with Crippen molar-refractivity contribution in [2.75, 3.05) is 0 Å². The van der Waals surface area contributed by atoms with E-state index >= 15 is 0 Å². The number of amides is 1. The van der Waals surface area contributed by atoms with Crippen LogP contribution >= 0.6 is 0 Å². The van der Waals surface area contributed by atoms with Gasteiger partial charge in [-0.3, -0.25) is 4.79 Å². The van der Waals surface area contributed by atoms with Crippen LogP contribution in [0.15, 0.2) is 46.9 Å². The van der Waals surface area contributed by atoms with Crippen molar-refractivity contribution in [2.45, 2.75) is 37.6 Å². The van der Waals surface area contributed by atoms with Gasteiger partial charge in [0.2, 0.25) is 0 Å². The van der Waals surface area contributed by atoms with Gasteiger partial charge in [-0.1, -0.05) is 37.5 Å². The molecule has 6 nitrogen and oxygen atoms in total. The van der Waals surface area contributed by atoms with E-state index in [9.17, 15) is 14.7 Å². The second kappa shape index (κ2) is 6.78. The molecule has 0 atom stereocenters. The lowest BCUT2D eigenvalue weighted by Gasteiger charge is -2.33. The molecule has 126 valence electrons. The molecule has 1 saturated carbocycles. The number of hydrogen-bond donors (Lipinski definition) is 2. The molecular formula is C18H19NO5. The molecule has 0 unspecified atom stereocenters. The first-order valence-corrected chi connectivity index (χ1v) is 7.98. The van der Waals surface area contributed by atoms with Gasteiger partial charge in [-0.15, -0.1) is 0 Å². The van der Waals surface area contributed by atoms with Crippen molar-refractivity contribution in [3.63, 3.8) is 0 Å². The van der Waals surface area contributed by atoms with Gasteiger partial charge in [-0.05, 0) is 31.0 Å². The Kier molecular flexibility index (Phi) is 4.55. The molecule has 1 aromatic heterocycles. The Hall–Kier alpha value is -2.76. The highest BCUT2D eigenvalue weighted by Gasteiger charge is 2.41. The fourth-order valence-corrected chi connectivity index (χ4v) is 2.93. The van der Waals surface area contributed by atoms with Crippen LogP contribution in [0.5, 0.6) is 11.7 Å². The van der Waals surface area contributed by atoms with Crippen LogP contribution in [0.1, 0.15) is 42.7 Å². The molecule has 2 aromatic rings. The van der Waals surface area contributed by atoms with Gasteiger partial charge in [-0.2, -0.15) is 0 Å². The minimum absolute atomic E-state index is 0.0344. The number of ether oxygens (including phenoxy) is 1. The zero-order valence-corrected chi connectivity index (χ0v) is 13.2. The molecule has 1 aliphatic carbocycles. The summed E-state index contributed by atoms with van der Waals surface area (Å²) < 4.78 is 10.9. The molecule has 1 aliphatic rings. The van der Waals surface area contributed by atoms with Crippen LogP contribution in [0.3, 0.4) is 0 Å². The summed E-state index contributed by atoms with van der Waals surface area (Å²) in [7, 11) is 0. The zero-order chi connectivity index (χ0) is 17.0. The molecule has 2 N–H and O–H groups in total. The van der Waals surface area contributed by atoms with Crippen molar-refractivity contribution in [1.29, 1.82) is 0 Å². The first kappa shape index (κ1) is 16.1. The molecule has 1 fully saturated rings. The topological polar surface area (TPSA) is 88.8 Å². The summed E-state index contributed by atoms with van der Waals surface area (Å²) in [5.74, 6) is -0.732. The number of rotatable bonds is 5. The summed E-state index contributed by atoms with van der Waals surface area (Å²) in [6.45, 7) is 0. The van der Waals surface area contributed by atoms with Gasteiger partial charge >= 0.3 is 5.97 Å². The highest BCUT2D eigenvalue weighted by molar-refractivity contribution is 5.96. The third-order valence-corrected chi connectivity index (χ3v) is 4.24. The number of carboxylic acid groups (broad SMARTS) is 1. The van der Waals surface area contributed by atoms with Crippen molar-refractivity contribution >= 4 is 11.9 Å². The number of carbonyl (C=O) groups excluding carboxylic acids is 1. The average Bonchev–Trinajstić information content (AvgIpc) is 3.05. The van der Waals surface area contributed by atoms with Crippen LogP contribution in [-0.2, 0) is 4.79 Å². The highest BCUT2D eigenvalue weighted by Crippen LogP contribution is 2.29. The normalized spacial score (nSPS) is 16.3. The minimum atomic E-state index is -1.21. The minimum Gasteiger partial charge on any atom is -0.480 e. The van der Waals surface area contributed by atoms with Gasteiger partial charge in [0.05, 0.1) is 0 Å². The molecule has 3 rings (SSSR count). The van der Waals surface area contributed by atoms with Gasteiger partial charge in [0.1, 0.15) is 11.3 Å². The third-order valence-electron chi connectivity index (χ3n) is 4.24. The zero-order valence-electron chi connectivity index (χ0n) is 13.2. The van der Waals surface area contributed by atoms with Crippen molar-refractivity contribution in [1.82, 2.24) is 5.32 Å². The molecular weight excluding hydrogens is 310 g/mol. The Labute approximate surface area is 139 Å². The Morgan fingerprint density at radius 2 is 1.75 bits per heavy atom. The molecule has 1 heterocycles. The molecule has 1 aromatic carbocycles. The maximum atomic E-state index is 12.4. The van der Waals surface area contributed by atoms with Crippen molar-refractivity contribution in [2.24, 2.45) is 0 Å². The number of benzene rings is 1. The van der Waals surface area contributed by atoms with E-state index in [1.807, 2.05) is 18.2 Å². The number of aliphatic carboxylic acids is 1. The second-order valence-electron chi connectivity index (χ2n) is 5.94. The number of nitrogens with one attached hydrogen (secondary N) is 1. The highest BCUT2D eigenvalue weighted by atomic mass is 16.6. The van der Waals surface area contributed by atoms with E-state index < -0.39 is 17.4 Å². The first-order chi connectivity index (χ1) is 11.6. The second-order valence-corrected chi connectivity index (χ2v) is 5.94. The van der Waals surface area contributed by atoms with Gasteiger partial charge in [0.15, 0.2) is 5.76 Å². The van der Waals surface area contributed by atoms with E-state index in [0.717, 1.165) is 19.3 Å². The fourth-order valence-electron chi connectivity index (χ4n) is 2.93. The molecule has 0 bridgehead atoms. The quantitative estimate of drug-likeness (QED) is 0.875. The molecule has 0 aliphatic heterocycles. The Bertz CT molecular complexity index is 716. The van der Waals surface area contributed by atoms with Crippen LogP contribution in [0.4, 0.5) is 0 Å². The van der Waals surface area contributed by atoms with E-state index in [2.05, 4.69) is 5.32 Å². The molecule has 0 saturated heterocycles. The maximum absolute atomic E-state index is 12.4. The van der Waals surface area contributed by atoms with Crippen molar-refractivity contribution in [3.8, 4) is 11.7 Å². The summed E-state index contributed by atoms with van der Waals surface area (Å²) in [5.41, 5.74) is -1.21. The van der Waals surface area contributed by atoms with E-state index in [0.29, 0.717) is 18.6 Å². The Balaban J connectivity index is 1.70. The van der Waals surface area contributed by atoms with E-state index in [4.69, 9.17) is 9.15 Å². The third kappa shape index (κ3) is 3.42. The monoisotopic (exact) mass is 329 g/mol. The summed E-state index contributed by atoms with van der Waals surface area (Å²) in [6, 6.07) is 12.1. The molecule has 1 amide bonds. The van der Waals surface area contributed by atoms with Crippen LogP contribution in [0, 0.1) is 0 Å². The Morgan fingerprint density at radius 3 is 2.42 bits per heavy atom. The largest absolute Gasteiger partial charge is 0.480 e. The predicted octanol–water partition coefficient (Wildman–Crippen LogP) is 3.59. The first-order valence-electron chi connectivity index (χ1n) is 7.98. The van der Waals surface area contributed by atoms with Gasteiger partial charge in [0.25, 0.3) is 11.9 Å². The van der Waals surface area contributed by atoms with Crippen LogP contribution in [-0.4, -0.2) is 22.5 Å².